The second kappa shape index (κ2) is 4.82. The SMILES string of the molecule is CCn1ccc(/C=C/c2cc(=O)cc(C)o2)n1. The lowest BCUT2D eigenvalue weighted by Gasteiger charge is -1.94. The molecule has 2 rings (SSSR count). The molecule has 0 amide bonds. The van der Waals surface area contributed by atoms with Gasteiger partial charge in [-0.25, -0.2) is 0 Å². The lowest BCUT2D eigenvalue weighted by molar-refractivity contribution is 0.505. The molecule has 0 N–H and O–H groups in total. The van der Waals surface area contributed by atoms with Gasteiger partial charge in [-0.05, 0) is 32.1 Å². The van der Waals surface area contributed by atoms with Crippen LogP contribution in [0.1, 0.15) is 24.1 Å². The highest BCUT2D eigenvalue weighted by atomic mass is 16.3. The molecule has 0 saturated carbocycles. The van der Waals surface area contributed by atoms with Gasteiger partial charge in [-0.3, -0.25) is 9.48 Å². The largest absolute Gasteiger partial charge is 0.462 e. The summed E-state index contributed by atoms with van der Waals surface area (Å²) in [5, 5.41) is 4.30. The molecular formula is C13H14N2O2. The van der Waals surface area contributed by atoms with E-state index in [0.29, 0.717) is 11.5 Å². The highest BCUT2D eigenvalue weighted by Gasteiger charge is 1.96. The van der Waals surface area contributed by atoms with E-state index >= 15 is 0 Å². The number of aryl methyl sites for hydroxylation is 2. The van der Waals surface area contributed by atoms with Gasteiger partial charge in [0.05, 0.1) is 5.69 Å². The number of nitrogens with zero attached hydrogens (tertiary/aromatic N) is 2. The summed E-state index contributed by atoms with van der Waals surface area (Å²) < 4.78 is 7.23. The highest BCUT2D eigenvalue weighted by molar-refractivity contribution is 5.65. The van der Waals surface area contributed by atoms with E-state index in [-0.39, 0.29) is 5.43 Å². The first kappa shape index (κ1) is 11.4. The van der Waals surface area contributed by atoms with Crippen molar-refractivity contribution < 1.29 is 4.42 Å². The van der Waals surface area contributed by atoms with Gasteiger partial charge in [-0.15, -0.1) is 0 Å². The quantitative estimate of drug-likeness (QED) is 0.813. The monoisotopic (exact) mass is 230 g/mol. The second-order valence-corrected chi connectivity index (χ2v) is 3.74. The van der Waals surface area contributed by atoms with Crippen LogP contribution < -0.4 is 5.43 Å². The summed E-state index contributed by atoms with van der Waals surface area (Å²) in [6.45, 7) is 4.62. The first-order chi connectivity index (χ1) is 8.17. The van der Waals surface area contributed by atoms with Gasteiger partial charge in [-0.1, -0.05) is 0 Å². The molecule has 0 aliphatic heterocycles. The summed E-state index contributed by atoms with van der Waals surface area (Å²) in [4.78, 5) is 11.3. The number of aromatic nitrogens is 2. The van der Waals surface area contributed by atoms with Crippen LogP contribution in [-0.4, -0.2) is 9.78 Å². The third-order valence-corrected chi connectivity index (χ3v) is 2.31. The van der Waals surface area contributed by atoms with Gasteiger partial charge in [-0.2, -0.15) is 5.10 Å². The lowest BCUT2D eigenvalue weighted by Crippen LogP contribution is -1.97. The molecule has 2 heterocycles. The fraction of sp³-hybridized carbons (Fsp3) is 0.231. The van der Waals surface area contributed by atoms with Crippen LogP contribution in [0.15, 0.2) is 33.6 Å². The number of rotatable bonds is 3. The molecule has 0 radical (unpaired) electrons. The average Bonchev–Trinajstić information content (AvgIpc) is 2.73. The van der Waals surface area contributed by atoms with Gasteiger partial charge in [0.2, 0.25) is 0 Å². The Morgan fingerprint density at radius 2 is 2.24 bits per heavy atom. The minimum absolute atomic E-state index is 0.0486. The summed E-state index contributed by atoms with van der Waals surface area (Å²) in [5.74, 6) is 1.15. The van der Waals surface area contributed by atoms with Crippen LogP contribution in [0.3, 0.4) is 0 Å². The Labute approximate surface area is 99.2 Å². The molecule has 0 aliphatic rings. The zero-order valence-electron chi connectivity index (χ0n) is 9.88. The molecule has 4 heteroatoms. The molecule has 2 aromatic rings. The number of hydrogen-bond acceptors (Lipinski definition) is 3. The van der Waals surface area contributed by atoms with Crippen molar-refractivity contribution in [3.05, 3.63) is 51.8 Å². The van der Waals surface area contributed by atoms with Crippen LogP contribution in [0.5, 0.6) is 0 Å². The van der Waals surface area contributed by atoms with Gasteiger partial charge in [0, 0.05) is 24.9 Å². The topological polar surface area (TPSA) is 48.0 Å². The van der Waals surface area contributed by atoms with Crippen LogP contribution in [-0.2, 0) is 6.54 Å². The van der Waals surface area contributed by atoms with E-state index in [9.17, 15) is 4.79 Å². The maximum absolute atomic E-state index is 11.3. The predicted octanol–water partition coefficient (Wildman–Crippen LogP) is 2.34. The van der Waals surface area contributed by atoms with E-state index in [4.69, 9.17) is 4.42 Å². The second-order valence-electron chi connectivity index (χ2n) is 3.74. The van der Waals surface area contributed by atoms with Gasteiger partial charge < -0.3 is 4.42 Å². The summed E-state index contributed by atoms with van der Waals surface area (Å²) in [6.07, 6.45) is 5.48. The van der Waals surface area contributed by atoms with E-state index in [2.05, 4.69) is 5.10 Å². The van der Waals surface area contributed by atoms with E-state index in [0.717, 1.165) is 12.2 Å². The fourth-order valence-electron chi connectivity index (χ4n) is 1.52. The van der Waals surface area contributed by atoms with E-state index < -0.39 is 0 Å². The third-order valence-electron chi connectivity index (χ3n) is 2.31. The lowest BCUT2D eigenvalue weighted by atomic mass is 10.3. The Balaban J connectivity index is 2.22. The maximum Gasteiger partial charge on any atom is 0.185 e. The molecule has 0 aromatic carbocycles. The Kier molecular flexibility index (Phi) is 3.23. The fourth-order valence-corrected chi connectivity index (χ4v) is 1.52. The molecule has 0 unspecified atom stereocenters. The summed E-state index contributed by atoms with van der Waals surface area (Å²) >= 11 is 0. The van der Waals surface area contributed by atoms with Crippen LogP contribution in [0.4, 0.5) is 0 Å². The molecule has 0 aliphatic carbocycles. The first-order valence-electron chi connectivity index (χ1n) is 5.50. The van der Waals surface area contributed by atoms with Gasteiger partial charge in [0.25, 0.3) is 0 Å². The van der Waals surface area contributed by atoms with Crippen molar-refractivity contribution in [3.8, 4) is 0 Å². The van der Waals surface area contributed by atoms with E-state index in [1.807, 2.05) is 29.9 Å². The highest BCUT2D eigenvalue weighted by Crippen LogP contribution is 2.06. The standard InChI is InChI=1S/C13H14N2O2/c1-3-15-7-6-11(14-15)4-5-13-9-12(16)8-10(2)17-13/h4-9H,3H2,1-2H3/b5-4+. The molecule has 17 heavy (non-hydrogen) atoms. The summed E-state index contributed by atoms with van der Waals surface area (Å²) in [6, 6.07) is 4.83. The van der Waals surface area contributed by atoms with Crippen LogP contribution in [0, 0.1) is 6.92 Å². The average molecular weight is 230 g/mol. The van der Waals surface area contributed by atoms with Crippen LogP contribution in [0.2, 0.25) is 0 Å². The maximum atomic E-state index is 11.3. The molecule has 2 aromatic heterocycles. The Hall–Kier alpha value is -2.10. The van der Waals surface area contributed by atoms with Crippen molar-refractivity contribution in [2.75, 3.05) is 0 Å². The van der Waals surface area contributed by atoms with Crippen LogP contribution in [0.25, 0.3) is 12.2 Å². The van der Waals surface area contributed by atoms with E-state index in [1.54, 1.807) is 13.0 Å². The van der Waals surface area contributed by atoms with Crippen molar-refractivity contribution in [1.82, 2.24) is 9.78 Å². The summed E-state index contributed by atoms with van der Waals surface area (Å²) in [7, 11) is 0. The van der Waals surface area contributed by atoms with Crippen molar-refractivity contribution in [2.24, 2.45) is 0 Å². The minimum atomic E-state index is -0.0486. The Morgan fingerprint density at radius 3 is 2.88 bits per heavy atom. The van der Waals surface area contributed by atoms with E-state index in [1.165, 1.54) is 12.1 Å². The molecule has 0 atom stereocenters. The smallest absolute Gasteiger partial charge is 0.185 e. The van der Waals surface area contributed by atoms with Gasteiger partial charge in [0.1, 0.15) is 11.5 Å². The normalized spacial score (nSPS) is 11.2. The molecule has 0 bridgehead atoms. The van der Waals surface area contributed by atoms with Gasteiger partial charge >= 0.3 is 0 Å². The molecule has 0 spiro atoms. The summed E-state index contributed by atoms with van der Waals surface area (Å²) in [5.41, 5.74) is 0.795. The molecule has 0 fully saturated rings. The third kappa shape index (κ3) is 2.93. The molecule has 0 saturated heterocycles. The zero-order valence-corrected chi connectivity index (χ0v) is 9.88. The van der Waals surface area contributed by atoms with Crippen LogP contribution >= 0.6 is 0 Å². The molecule has 88 valence electrons. The minimum Gasteiger partial charge on any atom is -0.462 e. The Morgan fingerprint density at radius 1 is 1.41 bits per heavy atom. The zero-order chi connectivity index (χ0) is 12.3. The predicted molar refractivity (Wildman–Crippen MR) is 66.5 cm³/mol. The van der Waals surface area contributed by atoms with Crippen molar-refractivity contribution in [2.45, 2.75) is 20.4 Å². The van der Waals surface area contributed by atoms with Crippen molar-refractivity contribution in [3.63, 3.8) is 0 Å². The molecular weight excluding hydrogens is 216 g/mol. The Bertz CT molecular complexity index is 593. The number of hydrogen-bond donors (Lipinski definition) is 0. The first-order valence-corrected chi connectivity index (χ1v) is 5.50. The van der Waals surface area contributed by atoms with Gasteiger partial charge in [0.15, 0.2) is 5.43 Å². The van der Waals surface area contributed by atoms with Crippen molar-refractivity contribution >= 4 is 12.2 Å². The molecule has 4 nitrogen and oxygen atoms in total. The van der Waals surface area contributed by atoms with Crippen molar-refractivity contribution in [1.29, 1.82) is 0 Å².